The maximum Gasteiger partial charge on any atom is 0.364 e. The summed E-state index contributed by atoms with van der Waals surface area (Å²) in [5, 5.41) is 204. The number of aliphatic carboxylic acids is 1. The van der Waals surface area contributed by atoms with E-state index in [0.29, 0.717) is 0 Å². The van der Waals surface area contributed by atoms with Gasteiger partial charge in [0, 0.05) is 34.1 Å². The minimum Gasteiger partial charge on any atom is -0.477 e. The Morgan fingerprint density at radius 1 is 0.560 bits per heavy atom. The Morgan fingerprint density at radius 2 is 1.11 bits per heavy atom. The van der Waals surface area contributed by atoms with Crippen LogP contribution in [-0.2, 0) is 71.3 Å². The van der Waals surface area contributed by atoms with E-state index in [4.69, 9.17) is 47.4 Å². The van der Waals surface area contributed by atoms with Crippen molar-refractivity contribution in [2.45, 2.75) is 224 Å². The number of carboxylic acids is 1. The Morgan fingerprint density at radius 3 is 1.65 bits per heavy atom. The number of ether oxygens (including phenoxy) is 10. The van der Waals surface area contributed by atoms with E-state index in [1.54, 1.807) is 0 Å². The Labute approximate surface area is 477 Å². The zero-order chi connectivity index (χ0) is 63.0. The first-order valence-corrected chi connectivity index (χ1v) is 26.5. The predicted molar refractivity (Wildman–Crippen MR) is 264 cm³/mol. The lowest BCUT2D eigenvalue weighted by molar-refractivity contribution is -0.376. The molecular formula is C47H80N4O33. The lowest BCUT2D eigenvalue weighted by atomic mass is 9.88. The molecule has 30 atom stereocenters. The predicted octanol–water partition coefficient (Wildman–Crippen LogP) is -13.7. The van der Waals surface area contributed by atoms with Crippen LogP contribution in [0, 0.1) is 0 Å². The molecule has 5 saturated heterocycles. The molecule has 5 rings (SSSR count). The molecular weight excluding hydrogens is 1150 g/mol. The van der Waals surface area contributed by atoms with Crippen molar-refractivity contribution in [1.82, 2.24) is 21.3 Å². The van der Waals surface area contributed by atoms with Gasteiger partial charge in [-0.15, -0.1) is 0 Å². The molecule has 0 aliphatic carbocycles. The van der Waals surface area contributed by atoms with E-state index in [0.717, 1.165) is 27.7 Å². The van der Waals surface area contributed by atoms with Crippen LogP contribution in [0.2, 0.25) is 0 Å². The molecule has 5 heterocycles. The summed E-state index contributed by atoms with van der Waals surface area (Å²) in [7, 11) is 0. The molecule has 5 aliphatic heterocycles. The first kappa shape index (κ1) is 71.0. The van der Waals surface area contributed by atoms with Gasteiger partial charge >= 0.3 is 5.97 Å². The van der Waals surface area contributed by atoms with E-state index in [9.17, 15) is 116 Å². The first-order valence-electron chi connectivity index (χ1n) is 26.5. The average molecular weight is 1230 g/mol. The fourth-order valence-electron chi connectivity index (χ4n) is 10.3. The fourth-order valence-corrected chi connectivity index (χ4v) is 10.3. The standard InChI is InChI=1S/C47H80N4O33/c1-13-28(64)34(70)35(71)44(76-13)81-38-24(11-56)79-42(27(51-17(5)60)40(38)82-43-26(50-16(4)59)33(69)31(67)22(9-54)77-43)75-12-21(63)30(66)37(18(7-52)48-14(2)57)80-45-36(72)41(32(68)23(10-55)78-45)84-47(46(73)74)6-19(61)25(49-15(3)58)39(83-47)29(65)20(62)8-53/h13,18-45,52-56,61-72H,6-12H2,1-5H3,(H,48,57)(H,49,58)(H,50,59)(H,51,60)(H,73,74)/t13-,18+,19+,20-,21-,22-,23-,24-,25-,26-,27-,28+,29-,30+,31-,32+,33-,34+,35-,36-,37-,38-,39-,40-,41+,42-,43+,44-,45+,47+/m1/s1. The maximum absolute atomic E-state index is 13.1. The van der Waals surface area contributed by atoms with E-state index in [2.05, 4.69) is 21.3 Å². The van der Waals surface area contributed by atoms with E-state index in [-0.39, 0.29) is 0 Å². The van der Waals surface area contributed by atoms with Crippen molar-refractivity contribution in [2.24, 2.45) is 0 Å². The minimum atomic E-state index is -3.25. The number of carbonyl (C=O) groups excluding carboxylic acids is 4. The third-order valence-corrected chi connectivity index (χ3v) is 14.6. The van der Waals surface area contributed by atoms with Crippen LogP contribution < -0.4 is 21.3 Å². The monoisotopic (exact) mass is 1230 g/mol. The van der Waals surface area contributed by atoms with Gasteiger partial charge in [-0.2, -0.15) is 0 Å². The van der Waals surface area contributed by atoms with Gasteiger partial charge < -0.3 is 161 Å². The molecule has 0 unspecified atom stereocenters. The molecule has 0 bridgehead atoms. The number of hydrogen-bond acceptors (Lipinski definition) is 32. The summed E-state index contributed by atoms with van der Waals surface area (Å²) in [6.07, 6.45) is -51.7. The highest BCUT2D eigenvalue weighted by Crippen LogP contribution is 2.39. The average Bonchev–Trinajstić information content (AvgIpc) is 1.26. The molecule has 5 fully saturated rings. The molecule has 486 valence electrons. The summed E-state index contributed by atoms with van der Waals surface area (Å²) in [5.74, 6) is -8.84. The lowest BCUT2D eigenvalue weighted by Crippen LogP contribution is -2.71. The number of amides is 4. The fraction of sp³-hybridized carbons (Fsp3) is 0.894. The van der Waals surface area contributed by atoms with Crippen molar-refractivity contribution >= 4 is 29.6 Å². The molecule has 5 aliphatic rings. The molecule has 0 aromatic rings. The number of hydrogen-bond donors (Lipinski definition) is 22. The van der Waals surface area contributed by atoms with Crippen molar-refractivity contribution in [3.8, 4) is 0 Å². The van der Waals surface area contributed by atoms with Crippen LogP contribution in [0.5, 0.6) is 0 Å². The maximum atomic E-state index is 13.1. The summed E-state index contributed by atoms with van der Waals surface area (Å²) in [6, 6.07) is -7.03. The van der Waals surface area contributed by atoms with Gasteiger partial charge in [-0.05, 0) is 6.92 Å². The summed E-state index contributed by atoms with van der Waals surface area (Å²) < 4.78 is 58.5. The van der Waals surface area contributed by atoms with Crippen molar-refractivity contribution in [3.05, 3.63) is 0 Å². The Balaban J connectivity index is 1.50. The van der Waals surface area contributed by atoms with Gasteiger partial charge in [0.15, 0.2) is 25.2 Å². The van der Waals surface area contributed by atoms with E-state index in [1.165, 1.54) is 6.92 Å². The van der Waals surface area contributed by atoms with Crippen LogP contribution in [0.3, 0.4) is 0 Å². The molecule has 22 N–H and O–H groups in total. The Bertz CT molecular complexity index is 2150. The number of carboxylic acid groups (broad SMARTS) is 1. The molecule has 0 aromatic heterocycles. The molecule has 84 heavy (non-hydrogen) atoms. The van der Waals surface area contributed by atoms with E-state index < -0.39 is 259 Å². The third-order valence-electron chi connectivity index (χ3n) is 14.6. The van der Waals surface area contributed by atoms with Crippen molar-refractivity contribution < 1.29 is 163 Å². The number of aliphatic hydroxyl groups is 17. The van der Waals surface area contributed by atoms with E-state index >= 15 is 0 Å². The molecule has 0 radical (unpaired) electrons. The largest absolute Gasteiger partial charge is 0.477 e. The first-order chi connectivity index (χ1) is 39.4. The number of aliphatic hydroxyl groups excluding tert-OH is 17. The number of carbonyl (C=O) groups is 5. The quantitative estimate of drug-likeness (QED) is 0.0382. The minimum absolute atomic E-state index is 0.813. The number of rotatable bonds is 26. The van der Waals surface area contributed by atoms with Gasteiger partial charge in [0.25, 0.3) is 5.79 Å². The molecule has 37 heteroatoms. The SMILES string of the molecule is CC(=O)N[C@H]1[C@H](O[C@@H]2[C@@H](NC(C)=O)[C@H](OC[C@@H](O)[C@H](O)[C@H](O[C@@H]3O[C@H](CO)[C@H](O)[C@H](O[C@]4(C(=O)O)C[C@H](O)[C@@H](NC(C)=O)[C@H]([C@H](O)[C@H](O)CO)O4)[C@H]3O)[C@H](CO)NC(C)=O)O[C@H](CO)[C@H]2O[C@H]2O[C@H](C)[C@H](O)[C@H](O)[C@H]2O)O[C@H](CO)[C@@H](O)[C@@H]1O. The molecule has 0 saturated carbocycles. The Hall–Kier alpha value is -3.73. The van der Waals surface area contributed by atoms with Gasteiger partial charge in [-0.1, -0.05) is 0 Å². The molecule has 4 amide bonds. The molecule has 0 aromatic carbocycles. The van der Waals surface area contributed by atoms with Gasteiger partial charge in [-0.25, -0.2) is 4.79 Å². The van der Waals surface area contributed by atoms with Crippen LogP contribution in [0.15, 0.2) is 0 Å². The Kier molecular flexibility index (Phi) is 26.2. The zero-order valence-electron chi connectivity index (χ0n) is 45.9. The molecule has 37 nitrogen and oxygen atoms in total. The van der Waals surface area contributed by atoms with E-state index in [1.807, 2.05) is 0 Å². The van der Waals surface area contributed by atoms with Crippen molar-refractivity contribution in [1.29, 1.82) is 0 Å². The summed E-state index contributed by atoms with van der Waals surface area (Å²) in [6.45, 7) is -1.50. The topological polar surface area (TPSA) is 590 Å². The smallest absolute Gasteiger partial charge is 0.364 e. The summed E-state index contributed by atoms with van der Waals surface area (Å²) >= 11 is 0. The second kappa shape index (κ2) is 30.9. The van der Waals surface area contributed by atoms with Crippen molar-refractivity contribution in [2.75, 3.05) is 39.6 Å². The highest BCUT2D eigenvalue weighted by atomic mass is 16.8. The number of nitrogens with one attached hydrogen (secondary N) is 4. The normalized spacial score (nSPS) is 41.4. The highest BCUT2D eigenvalue weighted by Gasteiger charge is 2.61. The second-order valence-electron chi connectivity index (χ2n) is 20.9. The summed E-state index contributed by atoms with van der Waals surface area (Å²) in [4.78, 5) is 63.1. The van der Waals surface area contributed by atoms with Crippen LogP contribution in [-0.4, -0.2) is 344 Å². The lowest BCUT2D eigenvalue weighted by Gasteiger charge is -2.50. The second-order valence-corrected chi connectivity index (χ2v) is 20.9. The van der Waals surface area contributed by atoms with Crippen LogP contribution in [0.4, 0.5) is 0 Å². The summed E-state index contributed by atoms with van der Waals surface area (Å²) in [5.41, 5.74) is 0. The van der Waals surface area contributed by atoms with Gasteiger partial charge in [-0.3, -0.25) is 19.2 Å². The van der Waals surface area contributed by atoms with Crippen LogP contribution >= 0.6 is 0 Å². The molecule has 0 spiro atoms. The third kappa shape index (κ3) is 16.5. The van der Waals surface area contributed by atoms with Crippen LogP contribution in [0.1, 0.15) is 41.0 Å². The van der Waals surface area contributed by atoms with Crippen LogP contribution in [0.25, 0.3) is 0 Å². The zero-order valence-corrected chi connectivity index (χ0v) is 45.9. The van der Waals surface area contributed by atoms with Gasteiger partial charge in [0.1, 0.15) is 128 Å². The van der Waals surface area contributed by atoms with Gasteiger partial charge in [0.2, 0.25) is 23.6 Å². The van der Waals surface area contributed by atoms with Gasteiger partial charge in [0.05, 0.1) is 63.9 Å². The van der Waals surface area contributed by atoms with Crippen molar-refractivity contribution in [3.63, 3.8) is 0 Å². The highest BCUT2D eigenvalue weighted by molar-refractivity contribution is 5.77.